The Morgan fingerprint density at radius 2 is 1.80 bits per heavy atom. The number of ether oxygens (including phenoxy) is 2. The van der Waals surface area contributed by atoms with Gasteiger partial charge in [0.1, 0.15) is 25.1 Å². The number of carbonyl (C=O) groups is 2. The number of hydrogen-bond acceptors (Lipinski definition) is 5. The lowest BCUT2D eigenvalue weighted by atomic mass is 10.2. The molecule has 1 N–H and O–H groups in total. The molecule has 1 rings (SSSR count). The molecule has 0 aliphatic rings. The molecule has 1 atom stereocenters. The lowest BCUT2D eigenvalue weighted by molar-refractivity contribution is -0.142. The van der Waals surface area contributed by atoms with E-state index in [1.807, 2.05) is 0 Å². The van der Waals surface area contributed by atoms with E-state index in [4.69, 9.17) is 4.74 Å². The van der Waals surface area contributed by atoms with Crippen LogP contribution < -0.4 is 0 Å². The van der Waals surface area contributed by atoms with E-state index in [2.05, 4.69) is 11.3 Å². The molecule has 0 heterocycles. The number of benzene rings is 1. The van der Waals surface area contributed by atoms with Crippen LogP contribution in [-0.2, 0) is 14.3 Å². The summed E-state index contributed by atoms with van der Waals surface area (Å²) in [6.45, 7) is 4.22. The fraction of sp³-hybridized carbons (Fsp3) is 0.286. The Bertz CT molecular complexity index is 495. The van der Waals surface area contributed by atoms with Crippen molar-refractivity contribution < 1.29 is 28.6 Å². The smallest absolute Gasteiger partial charge is 0.338 e. The molecular weight excluding hydrogens is 267 g/mol. The van der Waals surface area contributed by atoms with Gasteiger partial charge in [-0.25, -0.2) is 14.0 Å². The maximum atomic E-state index is 12.7. The van der Waals surface area contributed by atoms with Crippen molar-refractivity contribution in [1.29, 1.82) is 0 Å². The predicted molar refractivity (Wildman–Crippen MR) is 68.5 cm³/mol. The van der Waals surface area contributed by atoms with Gasteiger partial charge in [0.15, 0.2) is 0 Å². The minimum absolute atomic E-state index is 0.164. The van der Waals surface area contributed by atoms with Gasteiger partial charge in [-0.05, 0) is 31.2 Å². The Hall–Kier alpha value is -2.21. The highest BCUT2D eigenvalue weighted by molar-refractivity contribution is 5.89. The number of aliphatic hydroxyl groups is 1. The highest BCUT2D eigenvalue weighted by Gasteiger charge is 2.13. The quantitative estimate of drug-likeness (QED) is 0.631. The summed E-state index contributed by atoms with van der Waals surface area (Å²) in [5, 5.41) is 9.48. The molecule has 0 aliphatic carbocycles. The van der Waals surface area contributed by atoms with Crippen LogP contribution in [0.3, 0.4) is 0 Å². The van der Waals surface area contributed by atoms with Gasteiger partial charge in [0, 0.05) is 5.57 Å². The predicted octanol–water partition coefficient (Wildman–Crippen LogP) is 1.46. The van der Waals surface area contributed by atoms with E-state index in [9.17, 15) is 19.1 Å². The van der Waals surface area contributed by atoms with Crippen LogP contribution >= 0.6 is 0 Å². The molecule has 1 aromatic carbocycles. The molecule has 0 amide bonds. The zero-order valence-corrected chi connectivity index (χ0v) is 11.0. The van der Waals surface area contributed by atoms with Gasteiger partial charge in [-0.3, -0.25) is 0 Å². The van der Waals surface area contributed by atoms with Crippen molar-refractivity contribution >= 4 is 11.9 Å². The lowest BCUT2D eigenvalue weighted by Crippen LogP contribution is -2.25. The molecule has 0 aromatic heterocycles. The first-order valence-electron chi connectivity index (χ1n) is 5.83. The van der Waals surface area contributed by atoms with E-state index in [-0.39, 0.29) is 24.4 Å². The van der Waals surface area contributed by atoms with Crippen molar-refractivity contribution in [2.75, 3.05) is 13.2 Å². The highest BCUT2D eigenvalue weighted by atomic mass is 19.1. The van der Waals surface area contributed by atoms with Gasteiger partial charge in [-0.2, -0.15) is 0 Å². The fourth-order valence-corrected chi connectivity index (χ4v) is 1.18. The monoisotopic (exact) mass is 282 g/mol. The van der Waals surface area contributed by atoms with E-state index in [0.29, 0.717) is 0 Å². The van der Waals surface area contributed by atoms with Crippen molar-refractivity contribution in [3.05, 3.63) is 47.8 Å². The second-order valence-corrected chi connectivity index (χ2v) is 4.14. The van der Waals surface area contributed by atoms with Crippen LogP contribution in [0.4, 0.5) is 4.39 Å². The van der Waals surface area contributed by atoms with E-state index in [1.165, 1.54) is 19.1 Å². The topological polar surface area (TPSA) is 72.8 Å². The van der Waals surface area contributed by atoms with Gasteiger partial charge in [-0.1, -0.05) is 6.58 Å². The molecule has 0 saturated carbocycles. The van der Waals surface area contributed by atoms with Gasteiger partial charge < -0.3 is 14.6 Å². The molecule has 1 aromatic rings. The second kappa shape index (κ2) is 7.40. The standard InChI is InChI=1S/C14H15FO5/c1-9(2)13(17)19-7-12(16)8-20-14(18)10-3-5-11(15)6-4-10/h3-6,12,16H,1,7-8H2,2H3. The fourth-order valence-electron chi connectivity index (χ4n) is 1.18. The van der Waals surface area contributed by atoms with Crippen LogP contribution in [0.1, 0.15) is 17.3 Å². The summed E-state index contributed by atoms with van der Waals surface area (Å²) in [4.78, 5) is 22.6. The Morgan fingerprint density at radius 1 is 1.25 bits per heavy atom. The van der Waals surface area contributed by atoms with Crippen LogP contribution in [0, 0.1) is 5.82 Å². The molecular formula is C14H15FO5. The number of aliphatic hydroxyl groups excluding tert-OH is 1. The van der Waals surface area contributed by atoms with Crippen LogP contribution in [0.2, 0.25) is 0 Å². The van der Waals surface area contributed by atoms with Gasteiger partial charge in [-0.15, -0.1) is 0 Å². The average Bonchev–Trinajstić information content (AvgIpc) is 2.42. The van der Waals surface area contributed by atoms with E-state index >= 15 is 0 Å². The third kappa shape index (κ3) is 5.19. The van der Waals surface area contributed by atoms with Crippen molar-refractivity contribution in [3.63, 3.8) is 0 Å². The zero-order chi connectivity index (χ0) is 15.1. The number of halogens is 1. The maximum Gasteiger partial charge on any atom is 0.338 e. The molecule has 5 nitrogen and oxygen atoms in total. The first-order valence-corrected chi connectivity index (χ1v) is 5.83. The molecule has 108 valence electrons. The third-order valence-corrected chi connectivity index (χ3v) is 2.24. The van der Waals surface area contributed by atoms with Crippen LogP contribution in [0.25, 0.3) is 0 Å². The molecule has 0 radical (unpaired) electrons. The Labute approximate surface area is 115 Å². The first-order chi connectivity index (χ1) is 9.40. The molecule has 1 unspecified atom stereocenters. The number of carbonyl (C=O) groups excluding carboxylic acids is 2. The molecule has 0 spiro atoms. The minimum Gasteiger partial charge on any atom is -0.459 e. The molecule has 0 aliphatic heterocycles. The van der Waals surface area contributed by atoms with Crippen molar-refractivity contribution in [2.45, 2.75) is 13.0 Å². The minimum atomic E-state index is -1.14. The molecule has 0 fully saturated rings. The average molecular weight is 282 g/mol. The van der Waals surface area contributed by atoms with Crippen LogP contribution in [-0.4, -0.2) is 36.4 Å². The Balaban J connectivity index is 2.35. The SMILES string of the molecule is C=C(C)C(=O)OCC(O)COC(=O)c1ccc(F)cc1. The lowest BCUT2D eigenvalue weighted by Gasteiger charge is -2.12. The van der Waals surface area contributed by atoms with Crippen molar-refractivity contribution in [3.8, 4) is 0 Å². The largest absolute Gasteiger partial charge is 0.459 e. The summed E-state index contributed by atoms with van der Waals surface area (Å²) in [6.07, 6.45) is -1.14. The van der Waals surface area contributed by atoms with Crippen LogP contribution in [0.5, 0.6) is 0 Å². The second-order valence-electron chi connectivity index (χ2n) is 4.14. The summed E-state index contributed by atoms with van der Waals surface area (Å²) in [5.41, 5.74) is 0.373. The number of rotatable bonds is 6. The van der Waals surface area contributed by atoms with Gasteiger partial charge in [0.25, 0.3) is 0 Å². The van der Waals surface area contributed by atoms with Gasteiger partial charge in [0.05, 0.1) is 5.56 Å². The summed E-state index contributed by atoms with van der Waals surface area (Å²) in [7, 11) is 0. The van der Waals surface area contributed by atoms with Gasteiger partial charge in [0.2, 0.25) is 0 Å². The van der Waals surface area contributed by atoms with Crippen molar-refractivity contribution in [2.24, 2.45) is 0 Å². The Morgan fingerprint density at radius 3 is 2.35 bits per heavy atom. The van der Waals surface area contributed by atoms with E-state index in [1.54, 1.807) is 0 Å². The molecule has 6 heteroatoms. The Kier molecular flexibility index (Phi) is 5.86. The zero-order valence-electron chi connectivity index (χ0n) is 11.0. The summed E-state index contributed by atoms with van der Waals surface area (Å²) in [5.74, 6) is -1.79. The summed E-state index contributed by atoms with van der Waals surface area (Å²) >= 11 is 0. The van der Waals surface area contributed by atoms with E-state index in [0.717, 1.165) is 12.1 Å². The maximum absolute atomic E-state index is 12.7. The first kappa shape index (κ1) is 15.8. The van der Waals surface area contributed by atoms with E-state index < -0.39 is 23.9 Å². The number of esters is 2. The van der Waals surface area contributed by atoms with Crippen molar-refractivity contribution in [1.82, 2.24) is 0 Å². The van der Waals surface area contributed by atoms with Gasteiger partial charge >= 0.3 is 11.9 Å². The summed E-state index contributed by atoms with van der Waals surface area (Å²) < 4.78 is 22.1. The summed E-state index contributed by atoms with van der Waals surface area (Å²) in [6, 6.07) is 4.79. The normalized spacial score (nSPS) is 11.6. The van der Waals surface area contributed by atoms with Crippen LogP contribution in [0.15, 0.2) is 36.4 Å². The molecule has 20 heavy (non-hydrogen) atoms. The highest BCUT2D eigenvalue weighted by Crippen LogP contribution is 2.05. The third-order valence-electron chi connectivity index (χ3n) is 2.24. The molecule has 0 bridgehead atoms. The number of hydrogen-bond donors (Lipinski definition) is 1. The molecule has 0 saturated heterocycles.